The lowest BCUT2D eigenvalue weighted by Crippen LogP contribution is -2.35. The first-order valence-corrected chi connectivity index (χ1v) is 8.16. The largest absolute Gasteiger partial charge is 0.373 e. The Kier molecular flexibility index (Phi) is 5.91. The van der Waals surface area contributed by atoms with Crippen LogP contribution in [0.4, 0.5) is 5.69 Å². The molecule has 1 aromatic heterocycles. The average molecular weight is 318 g/mol. The van der Waals surface area contributed by atoms with Gasteiger partial charge in [-0.25, -0.2) is 4.98 Å². The summed E-state index contributed by atoms with van der Waals surface area (Å²) < 4.78 is 0. The van der Waals surface area contributed by atoms with Crippen LogP contribution in [-0.4, -0.2) is 49.5 Å². The highest BCUT2D eigenvalue weighted by molar-refractivity contribution is 7.09. The van der Waals surface area contributed by atoms with Gasteiger partial charge in [-0.2, -0.15) is 0 Å². The van der Waals surface area contributed by atoms with E-state index in [1.165, 1.54) is 11.3 Å². The van der Waals surface area contributed by atoms with Crippen LogP contribution in [0.3, 0.4) is 0 Å². The number of para-hydroxylation sites is 1. The molecule has 118 valence electrons. The Balaban J connectivity index is 1.88. The Bertz CT molecular complexity index is 599. The van der Waals surface area contributed by atoms with E-state index in [0.717, 1.165) is 23.7 Å². The Morgan fingerprint density at radius 2 is 1.95 bits per heavy atom. The first-order valence-electron chi connectivity index (χ1n) is 7.28. The second kappa shape index (κ2) is 7.91. The van der Waals surface area contributed by atoms with Gasteiger partial charge in [0.1, 0.15) is 5.69 Å². The van der Waals surface area contributed by atoms with Gasteiger partial charge in [-0.3, -0.25) is 4.79 Å². The number of carbonyl (C=O) groups excluding carboxylic acids is 1. The lowest BCUT2D eigenvalue weighted by molar-refractivity contribution is 0.0793. The number of carbonyl (C=O) groups is 1. The number of thiazole rings is 1. The fourth-order valence-electron chi connectivity index (χ4n) is 2.06. The molecule has 0 aliphatic rings. The average Bonchev–Trinajstić information content (AvgIpc) is 3.01. The number of nitrogens with two attached hydrogens (primary N) is 1. The van der Waals surface area contributed by atoms with Gasteiger partial charge in [-0.05, 0) is 18.7 Å². The normalized spacial score (nSPS) is 10.5. The smallest absolute Gasteiger partial charge is 0.273 e. The molecule has 0 saturated carbocycles. The van der Waals surface area contributed by atoms with Gasteiger partial charge >= 0.3 is 0 Å². The van der Waals surface area contributed by atoms with E-state index >= 15 is 0 Å². The van der Waals surface area contributed by atoms with Crippen LogP contribution < -0.4 is 10.6 Å². The van der Waals surface area contributed by atoms with Crippen molar-refractivity contribution in [1.82, 2.24) is 9.88 Å². The van der Waals surface area contributed by atoms with Crippen LogP contribution in [0.25, 0.3) is 0 Å². The van der Waals surface area contributed by atoms with Crippen LogP contribution in [0.1, 0.15) is 15.5 Å². The number of hydrogen-bond donors (Lipinski definition) is 1. The maximum absolute atomic E-state index is 12.3. The minimum atomic E-state index is -0.0408. The van der Waals surface area contributed by atoms with Gasteiger partial charge in [0.2, 0.25) is 0 Å². The van der Waals surface area contributed by atoms with Crippen molar-refractivity contribution in [3.63, 3.8) is 0 Å². The molecule has 2 aromatic rings. The third-order valence-corrected chi connectivity index (χ3v) is 4.35. The molecule has 0 fully saturated rings. The number of likely N-dealkylation sites (N-methyl/N-ethyl adjacent to an activating group) is 2. The molecule has 0 radical (unpaired) electrons. The standard InChI is InChI=1S/C16H22N4OS/c1-19(13-6-4-3-5-7-13)10-11-20(2)16(21)14-12-22-15(18-14)8-9-17/h3-7,12H,8-11,17H2,1-2H3. The highest BCUT2D eigenvalue weighted by atomic mass is 32.1. The third-order valence-electron chi connectivity index (χ3n) is 3.44. The first-order chi connectivity index (χ1) is 10.6. The Labute approximate surface area is 135 Å². The van der Waals surface area contributed by atoms with Crippen molar-refractivity contribution in [3.05, 3.63) is 46.4 Å². The minimum Gasteiger partial charge on any atom is -0.373 e. The van der Waals surface area contributed by atoms with Crippen molar-refractivity contribution in [2.75, 3.05) is 38.6 Å². The molecule has 0 aliphatic heterocycles. The Morgan fingerprint density at radius 1 is 1.23 bits per heavy atom. The molecule has 0 aliphatic carbocycles. The van der Waals surface area contributed by atoms with E-state index < -0.39 is 0 Å². The number of anilines is 1. The zero-order chi connectivity index (χ0) is 15.9. The topological polar surface area (TPSA) is 62.5 Å². The molecule has 2 rings (SSSR count). The lowest BCUT2D eigenvalue weighted by Gasteiger charge is -2.23. The van der Waals surface area contributed by atoms with E-state index in [1.807, 2.05) is 37.7 Å². The molecule has 0 atom stereocenters. The zero-order valence-electron chi connectivity index (χ0n) is 13.0. The second-order valence-electron chi connectivity index (χ2n) is 5.15. The van der Waals surface area contributed by atoms with Crippen molar-refractivity contribution in [2.45, 2.75) is 6.42 Å². The molecule has 5 nitrogen and oxygen atoms in total. The predicted molar refractivity (Wildman–Crippen MR) is 91.5 cm³/mol. The van der Waals surface area contributed by atoms with Crippen molar-refractivity contribution in [1.29, 1.82) is 0 Å². The molecule has 6 heteroatoms. The SMILES string of the molecule is CN(CCN(C)c1ccccc1)C(=O)c1csc(CCN)n1. The maximum Gasteiger partial charge on any atom is 0.273 e. The van der Waals surface area contributed by atoms with E-state index in [1.54, 1.807) is 4.90 Å². The zero-order valence-corrected chi connectivity index (χ0v) is 13.8. The van der Waals surface area contributed by atoms with Crippen LogP contribution in [0.2, 0.25) is 0 Å². The number of nitrogens with zero attached hydrogens (tertiary/aromatic N) is 3. The summed E-state index contributed by atoms with van der Waals surface area (Å²) >= 11 is 1.49. The summed E-state index contributed by atoms with van der Waals surface area (Å²) in [6.45, 7) is 1.97. The van der Waals surface area contributed by atoms with E-state index in [0.29, 0.717) is 18.8 Å². The van der Waals surface area contributed by atoms with Gasteiger partial charge in [-0.15, -0.1) is 11.3 Å². The molecule has 1 amide bonds. The molecule has 1 heterocycles. The lowest BCUT2D eigenvalue weighted by atomic mass is 10.3. The third kappa shape index (κ3) is 4.29. The van der Waals surface area contributed by atoms with Crippen LogP contribution in [0.5, 0.6) is 0 Å². The van der Waals surface area contributed by atoms with E-state index in [9.17, 15) is 4.79 Å². The fraction of sp³-hybridized carbons (Fsp3) is 0.375. The summed E-state index contributed by atoms with van der Waals surface area (Å²) in [5.74, 6) is -0.0408. The summed E-state index contributed by atoms with van der Waals surface area (Å²) in [7, 11) is 3.83. The van der Waals surface area contributed by atoms with Gasteiger partial charge < -0.3 is 15.5 Å². The quantitative estimate of drug-likeness (QED) is 0.846. The van der Waals surface area contributed by atoms with Gasteiger partial charge in [0.05, 0.1) is 5.01 Å². The summed E-state index contributed by atoms with van der Waals surface area (Å²) in [6.07, 6.45) is 0.721. The number of amides is 1. The van der Waals surface area contributed by atoms with Gasteiger partial charge in [-0.1, -0.05) is 18.2 Å². The summed E-state index contributed by atoms with van der Waals surface area (Å²) in [5, 5.41) is 2.73. The number of benzene rings is 1. The molecule has 0 unspecified atom stereocenters. The monoisotopic (exact) mass is 318 g/mol. The molecule has 1 aromatic carbocycles. The molecule has 0 bridgehead atoms. The molecule has 0 spiro atoms. The summed E-state index contributed by atoms with van der Waals surface area (Å²) in [4.78, 5) is 20.5. The summed E-state index contributed by atoms with van der Waals surface area (Å²) in [6, 6.07) is 10.1. The second-order valence-corrected chi connectivity index (χ2v) is 6.09. The minimum absolute atomic E-state index is 0.0408. The number of rotatable bonds is 7. The first kappa shape index (κ1) is 16.5. The van der Waals surface area contributed by atoms with E-state index in [4.69, 9.17) is 5.73 Å². The van der Waals surface area contributed by atoms with E-state index in [2.05, 4.69) is 22.0 Å². The van der Waals surface area contributed by atoms with Crippen molar-refractivity contribution in [3.8, 4) is 0 Å². The molecular formula is C16H22N4OS. The Morgan fingerprint density at radius 3 is 2.64 bits per heavy atom. The van der Waals surface area contributed by atoms with Crippen LogP contribution in [0, 0.1) is 0 Å². The van der Waals surface area contributed by atoms with Crippen LogP contribution in [0.15, 0.2) is 35.7 Å². The van der Waals surface area contributed by atoms with Crippen molar-refractivity contribution < 1.29 is 4.79 Å². The molecule has 22 heavy (non-hydrogen) atoms. The molecule has 0 saturated heterocycles. The molecule has 2 N–H and O–H groups in total. The van der Waals surface area contributed by atoms with E-state index in [-0.39, 0.29) is 5.91 Å². The number of aromatic nitrogens is 1. The highest BCUT2D eigenvalue weighted by Gasteiger charge is 2.15. The van der Waals surface area contributed by atoms with Crippen LogP contribution >= 0.6 is 11.3 Å². The number of hydrogen-bond acceptors (Lipinski definition) is 5. The summed E-state index contributed by atoms with van der Waals surface area (Å²) in [5.41, 5.74) is 7.16. The Hall–Kier alpha value is -1.92. The van der Waals surface area contributed by atoms with Crippen LogP contribution in [-0.2, 0) is 6.42 Å². The molecular weight excluding hydrogens is 296 g/mol. The fourth-order valence-corrected chi connectivity index (χ4v) is 2.84. The van der Waals surface area contributed by atoms with Crippen molar-refractivity contribution in [2.24, 2.45) is 5.73 Å². The van der Waals surface area contributed by atoms with Gasteiger partial charge in [0, 0.05) is 44.7 Å². The maximum atomic E-state index is 12.3. The van der Waals surface area contributed by atoms with Gasteiger partial charge in [0.15, 0.2) is 0 Å². The highest BCUT2D eigenvalue weighted by Crippen LogP contribution is 2.13. The van der Waals surface area contributed by atoms with Crippen molar-refractivity contribution >= 4 is 22.9 Å². The predicted octanol–water partition coefficient (Wildman–Crippen LogP) is 1.85. The van der Waals surface area contributed by atoms with Gasteiger partial charge in [0.25, 0.3) is 5.91 Å².